The maximum atomic E-state index is 13.4. The molecule has 0 radical (unpaired) electrons. The highest BCUT2D eigenvalue weighted by molar-refractivity contribution is 5.93. The van der Waals surface area contributed by atoms with Gasteiger partial charge in [0.05, 0.1) is 50.6 Å². The van der Waals surface area contributed by atoms with Crippen LogP contribution in [0.5, 0.6) is 5.75 Å². The van der Waals surface area contributed by atoms with Crippen molar-refractivity contribution in [3.8, 4) is 5.75 Å². The smallest absolute Gasteiger partial charge is 0.245 e. The van der Waals surface area contributed by atoms with Crippen LogP contribution >= 0.6 is 0 Å². The summed E-state index contributed by atoms with van der Waals surface area (Å²) >= 11 is 0. The molecule has 0 saturated carbocycles. The number of benzene rings is 2. The van der Waals surface area contributed by atoms with Gasteiger partial charge in [0.25, 0.3) is 0 Å². The highest BCUT2D eigenvalue weighted by Crippen LogP contribution is 2.18. The van der Waals surface area contributed by atoms with Crippen LogP contribution in [-0.4, -0.2) is 74.9 Å². The molecule has 1 heterocycles. The zero-order chi connectivity index (χ0) is 36.1. The van der Waals surface area contributed by atoms with Gasteiger partial charge in [-0.2, -0.15) is 0 Å². The number of aliphatic hydroxyl groups excluding tert-OH is 1. The summed E-state index contributed by atoms with van der Waals surface area (Å²) in [5.41, 5.74) is 3.54. The van der Waals surface area contributed by atoms with Crippen molar-refractivity contribution in [1.82, 2.24) is 25.6 Å². The number of aromatic nitrogens is 3. The largest absolute Gasteiger partial charge is 0.497 e. The minimum Gasteiger partial charge on any atom is -0.497 e. The van der Waals surface area contributed by atoms with Gasteiger partial charge < -0.3 is 25.2 Å². The van der Waals surface area contributed by atoms with E-state index >= 15 is 0 Å². The Morgan fingerprint density at radius 2 is 1.59 bits per heavy atom. The van der Waals surface area contributed by atoms with Crippen LogP contribution in [0.4, 0.5) is 0 Å². The molecule has 12 nitrogen and oxygen atoms in total. The number of rotatable bonds is 20. The van der Waals surface area contributed by atoms with Gasteiger partial charge in [0.2, 0.25) is 11.8 Å². The van der Waals surface area contributed by atoms with Crippen LogP contribution in [0.3, 0.4) is 0 Å². The number of aliphatic hydroxyl groups is 1. The molecule has 0 aliphatic carbocycles. The van der Waals surface area contributed by atoms with Crippen molar-refractivity contribution in [2.45, 2.75) is 105 Å². The van der Waals surface area contributed by atoms with E-state index < -0.39 is 42.0 Å². The zero-order valence-electron chi connectivity index (χ0n) is 29.6. The van der Waals surface area contributed by atoms with Gasteiger partial charge in [-0.15, -0.1) is 5.10 Å². The lowest BCUT2D eigenvalue weighted by Gasteiger charge is -2.28. The molecule has 12 heteroatoms. The Hall–Kier alpha value is -4.42. The number of nitrogens with one attached hydrogen (secondary N) is 2. The Balaban J connectivity index is 1.59. The number of carbonyl (C=O) groups is 4. The first-order valence-electron chi connectivity index (χ1n) is 16.8. The molecule has 2 aromatic carbocycles. The molecule has 0 saturated heterocycles. The number of ketones is 2. The second-order valence-electron chi connectivity index (χ2n) is 12.8. The molecule has 6 atom stereocenters. The number of hydrogen-bond donors (Lipinski definition) is 3. The fraction of sp³-hybridized carbons (Fsp3) is 0.514. The normalized spacial score (nSPS) is 14.9. The van der Waals surface area contributed by atoms with Gasteiger partial charge in [-0.25, -0.2) is 4.68 Å². The van der Waals surface area contributed by atoms with Gasteiger partial charge in [-0.3, -0.25) is 19.2 Å². The molecule has 0 unspecified atom stereocenters. The molecule has 49 heavy (non-hydrogen) atoms. The van der Waals surface area contributed by atoms with Crippen LogP contribution in [0.2, 0.25) is 0 Å². The predicted octanol–water partition coefficient (Wildman–Crippen LogP) is 3.61. The highest BCUT2D eigenvalue weighted by Gasteiger charge is 2.32. The van der Waals surface area contributed by atoms with Gasteiger partial charge in [0.15, 0.2) is 5.78 Å². The monoisotopic (exact) mass is 677 g/mol. The van der Waals surface area contributed by atoms with E-state index in [1.165, 1.54) is 13.8 Å². The van der Waals surface area contributed by atoms with Crippen LogP contribution in [0.15, 0.2) is 54.7 Å². The van der Waals surface area contributed by atoms with Gasteiger partial charge in [-0.05, 0) is 68.9 Å². The predicted molar refractivity (Wildman–Crippen MR) is 185 cm³/mol. The third-order valence-corrected chi connectivity index (χ3v) is 8.62. The van der Waals surface area contributed by atoms with Crippen LogP contribution in [0.1, 0.15) is 76.8 Å². The number of hydrogen-bond acceptors (Lipinski definition) is 9. The molecule has 3 aromatic rings. The Kier molecular flexibility index (Phi) is 15.1. The lowest BCUT2D eigenvalue weighted by atomic mass is 9.97. The molecule has 2 amide bonds. The number of carbonyl (C=O) groups excluding carboxylic acids is 4. The minimum absolute atomic E-state index is 0.0455. The number of methoxy groups -OCH3 is 1. The van der Waals surface area contributed by atoms with Crippen molar-refractivity contribution in [2.75, 3.05) is 7.11 Å². The van der Waals surface area contributed by atoms with Crippen molar-refractivity contribution in [3.63, 3.8) is 0 Å². The molecular weight excluding hydrogens is 626 g/mol. The average molecular weight is 678 g/mol. The summed E-state index contributed by atoms with van der Waals surface area (Å²) < 4.78 is 13.1. The first kappa shape index (κ1) is 39.0. The summed E-state index contributed by atoms with van der Waals surface area (Å²) in [6.07, 6.45) is 2.33. The fourth-order valence-electron chi connectivity index (χ4n) is 5.39. The van der Waals surface area contributed by atoms with Crippen LogP contribution < -0.4 is 15.4 Å². The van der Waals surface area contributed by atoms with Crippen molar-refractivity contribution in [1.29, 1.82) is 0 Å². The van der Waals surface area contributed by atoms with Crippen molar-refractivity contribution < 1.29 is 33.8 Å². The summed E-state index contributed by atoms with van der Waals surface area (Å²) in [6, 6.07) is 13.1. The standard InChI is InChI=1S/C37H51N5O7/c1-8-10-34(49-22-31-21-42(41-40-31)20-30-12-9-11-29(18-30)17-23(2)25(4)43)24(3)36(46)39-35(27(6)45)37(47)38-33(26(5)44)19-28-13-15-32(48-7)16-14-28/h9,11-16,18,21,23-24,27,33-35,45H,8,10,17,19-20,22H2,1-7H3,(H,38,47)(H,39,46)/t23-,24-,27-,33-,34-,35-/m0/s1. The maximum Gasteiger partial charge on any atom is 0.245 e. The summed E-state index contributed by atoms with van der Waals surface area (Å²) in [5.74, 6) is -1.25. The molecule has 0 bridgehead atoms. The lowest BCUT2D eigenvalue weighted by Crippen LogP contribution is -2.57. The second kappa shape index (κ2) is 18.9. The van der Waals surface area contributed by atoms with Crippen molar-refractivity contribution in [3.05, 3.63) is 77.1 Å². The molecule has 0 aliphatic heterocycles. The Morgan fingerprint density at radius 1 is 0.898 bits per heavy atom. The van der Waals surface area contributed by atoms with Crippen LogP contribution in [0, 0.1) is 11.8 Å². The first-order valence-corrected chi connectivity index (χ1v) is 16.8. The Labute approximate surface area is 289 Å². The zero-order valence-corrected chi connectivity index (χ0v) is 29.6. The average Bonchev–Trinajstić information content (AvgIpc) is 3.51. The van der Waals surface area contributed by atoms with E-state index in [0.717, 1.165) is 23.1 Å². The number of ether oxygens (including phenoxy) is 2. The molecule has 0 spiro atoms. The highest BCUT2D eigenvalue weighted by atomic mass is 16.5. The lowest BCUT2D eigenvalue weighted by molar-refractivity contribution is -0.137. The van der Waals surface area contributed by atoms with Gasteiger partial charge >= 0.3 is 0 Å². The molecule has 266 valence electrons. The molecule has 3 N–H and O–H groups in total. The number of amides is 2. The summed E-state index contributed by atoms with van der Waals surface area (Å²) in [6.45, 7) is 10.7. The van der Waals surface area contributed by atoms with Gasteiger partial charge in [0.1, 0.15) is 23.3 Å². The Morgan fingerprint density at radius 3 is 2.20 bits per heavy atom. The first-order chi connectivity index (χ1) is 23.3. The Bertz CT molecular complexity index is 1540. The number of Topliss-reactive ketones (excluding diaryl/α,β-unsaturated/α-hetero) is 2. The summed E-state index contributed by atoms with van der Waals surface area (Å²) in [4.78, 5) is 50.7. The van der Waals surface area contributed by atoms with Crippen LogP contribution in [-0.2, 0) is 49.9 Å². The SMILES string of the molecule is CCC[C@H](OCc1cn(Cc2cccc(C[C@H](C)C(C)=O)c2)nn1)[C@H](C)C(=O)N[C@H](C(=O)N[C@@H](Cc1ccc(OC)cc1)C(C)=O)[C@H](C)O. The van der Waals surface area contributed by atoms with E-state index in [-0.39, 0.29) is 30.5 Å². The quantitative estimate of drug-likeness (QED) is 0.162. The van der Waals surface area contributed by atoms with E-state index in [4.69, 9.17) is 9.47 Å². The summed E-state index contributed by atoms with van der Waals surface area (Å²) in [7, 11) is 1.56. The van der Waals surface area contributed by atoms with E-state index in [1.807, 2.05) is 44.2 Å². The summed E-state index contributed by atoms with van der Waals surface area (Å²) in [5, 5.41) is 24.3. The topological polar surface area (TPSA) is 162 Å². The minimum atomic E-state index is -1.28. The third-order valence-electron chi connectivity index (χ3n) is 8.62. The van der Waals surface area contributed by atoms with E-state index in [0.29, 0.717) is 30.8 Å². The van der Waals surface area contributed by atoms with Crippen molar-refractivity contribution >= 4 is 23.4 Å². The molecule has 0 aliphatic rings. The van der Waals surface area contributed by atoms with E-state index in [2.05, 4.69) is 27.0 Å². The van der Waals surface area contributed by atoms with E-state index in [1.54, 1.807) is 44.0 Å². The van der Waals surface area contributed by atoms with E-state index in [9.17, 15) is 24.3 Å². The third kappa shape index (κ3) is 12.2. The second-order valence-corrected chi connectivity index (χ2v) is 12.8. The van der Waals surface area contributed by atoms with Crippen molar-refractivity contribution in [2.24, 2.45) is 11.8 Å². The van der Waals surface area contributed by atoms with Gasteiger partial charge in [-0.1, -0.05) is 68.8 Å². The molecule has 1 aromatic heterocycles. The molecular formula is C37H51N5O7. The maximum absolute atomic E-state index is 13.4. The molecule has 3 rings (SSSR count). The molecule has 0 fully saturated rings. The van der Waals surface area contributed by atoms with Crippen LogP contribution in [0.25, 0.3) is 0 Å². The fourth-order valence-corrected chi connectivity index (χ4v) is 5.39. The van der Waals surface area contributed by atoms with Gasteiger partial charge in [0, 0.05) is 5.92 Å². The number of nitrogens with zero attached hydrogens (tertiary/aromatic N) is 3.